The fraction of sp³-hybridized carbons (Fsp3) is 0.550. The number of rotatable bonds is 2. The summed E-state index contributed by atoms with van der Waals surface area (Å²) in [6, 6.07) is 10.4. The molecule has 0 N–H and O–H groups in total. The fourth-order valence-corrected chi connectivity index (χ4v) is 3.52. The van der Waals surface area contributed by atoms with Crippen molar-refractivity contribution in [2.45, 2.75) is 64.7 Å². The second-order valence-corrected chi connectivity index (χ2v) is 6.66. The van der Waals surface area contributed by atoms with E-state index in [9.17, 15) is 4.79 Å². The Labute approximate surface area is 129 Å². The van der Waals surface area contributed by atoms with E-state index in [0.717, 1.165) is 38.5 Å². The molecule has 0 aromatic heterocycles. The smallest absolute Gasteiger partial charge is 0.143 e. The SMILES string of the molecule is CC[C@]1(c2ccccc2)CC/C(C)=C/CC[C@H](C)CC1=O. The zero-order chi connectivity index (χ0) is 15.3. The highest BCUT2D eigenvalue weighted by molar-refractivity contribution is 5.90. The van der Waals surface area contributed by atoms with Crippen molar-refractivity contribution in [2.24, 2.45) is 5.92 Å². The second-order valence-electron chi connectivity index (χ2n) is 6.66. The topological polar surface area (TPSA) is 17.1 Å². The normalized spacial score (nSPS) is 30.5. The molecule has 0 aliphatic heterocycles. The minimum Gasteiger partial charge on any atom is -0.299 e. The molecule has 1 aromatic rings. The molecule has 0 fully saturated rings. The second kappa shape index (κ2) is 7.06. The number of carbonyl (C=O) groups is 1. The fourth-order valence-electron chi connectivity index (χ4n) is 3.52. The minimum atomic E-state index is -0.290. The van der Waals surface area contributed by atoms with E-state index in [1.54, 1.807) is 0 Å². The highest BCUT2D eigenvalue weighted by Gasteiger charge is 2.38. The van der Waals surface area contributed by atoms with E-state index in [4.69, 9.17) is 0 Å². The van der Waals surface area contributed by atoms with Gasteiger partial charge in [-0.3, -0.25) is 4.79 Å². The Morgan fingerprint density at radius 1 is 1.24 bits per heavy atom. The first-order valence-electron chi connectivity index (χ1n) is 8.33. The van der Waals surface area contributed by atoms with Crippen molar-refractivity contribution in [3.8, 4) is 0 Å². The lowest BCUT2D eigenvalue weighted by molar-refractivity contribution is -0.126. The van der Waals surface area contributed by atoms with Crippen molar-refractivity contribution in [3.05, 3.63) is 47.5 Å². The van der Waals surface area contributed by atoms with Crippen LogP contribution in [0.2, 0.25) is 0 Å². The van der Waals surface area contributed by atoms with Crippen LogP contribution >= 0.6 is 0 Å². The summed E-state index contributed by atoms with van der Waals surface area (Å²) in [4.78, 5) is 13.1. The third kappa shape index (κ3) is 3.64. The van der Waals surface area contributed by atoms with Crippen LogP contribution in [0.1, 0.15) is 64.9 Å². The zero-order valence-electron chi connectivity index (χ0n) is 13.7. The summed E-state index contributed by atoms with van der Waals surface area (Å²) in [5.41, 5.74) is 2.35. The third-order valence-electron chi connectivity index (χ3n) is 5.10. The first-order chi connectivity index (χ1) is 10.1. The molecular weight excluding hydrogens is 256 g/mol. The van der Waals surface area contributed by atoms with Crippen LogP contribution in [0.5, 0.6) is 0 Å². The van der Waals surface area contributed by atoms with Gasteiger partial charge in [-0.25, -0.2) is 0 Å². The quantitative estimate of drug-likeness (QED) is 0.660. The maximum Gasteiger partial charge on any atom is 0.143 e. The van der Waals surface area contributed by atoms with Crippen molar-refractivity contribution in [1.29, 1.82) is 0 Å². The molecule has 2 atom stereocenters. The van der Waals surface area contributed by atoms with Crippen molar-refractivity contribution in [1.82, 2.24) is 0 Å². The first-order valence-corrected chi connectivity index (χ1v) is 8.33. The zero-order valence-corrected chi connectivity index (χ0v) is 13.7. The van der Waals surface area contributed by atoms with Crippen molar-refractivity contribution < 1.29 is 4.79 Å². The van der Waals surface area contributed by atoms with E-state index in [2.05, 4.69) is 51.1 Å². The third-order valence-corrected chi connectivity index (χ3v) is 5.10. The van der Waals surface area contributed by atoms with Gasteiger partial charge >= 0.3 is 0 Å². The van der Waals surface area contributed by atoms with Crippen LogP contribution < -0.4 is 0 Å². The average molecular weight is 284 g/mol. The highest BCUT2D eigenvalue weighted by atomic mass is 16.1. The van der Waals surface area contributed by atoms with Gasteiger partial charge in [-0.05, 0) is 50.5 Å². The van der Waals surface area contributed by atoms with Gasteiger partial charge in [0.15, 0.2) is 0 Å². The first kappa shape index (κ1) is 16.0. The summed E-state index contributed by atoms with van der Waals surface area (Å²) < 4.78 is 0. The molecule has 1 aromatic carbocycles. The Kier molecular flexibility index (Phi) is 5.39. The van der Waals surface area contributed by atoms with Crippen LogP contribution in [0.4, 0.5) is 0 Å². The van der Waals surface area contributed by atoms with E-state index in [1.165, 1.54) is 11.1 Å². The summed E-state index contributed by atoms with van der Waals surface area (Å²) in [6.07, 6.45) is 8.20. The van der Waals surface area contributed by atoms with E-state index >= 15 is 0 Å². The van der Waals surface area contributed by atoms with Crippen molar-refractivity contribution >= 4 is 5.78 Å². The minimum absolute atomic E-state index is 0.290. The molecule has 0 radical (unpaired) electrons. The Morgan fingerprint density at radius 3 is 2.62 bits per heavy atom. The van der Waals surface area contributed by atoms with E-state index in [-0.39, 0.29) is 5.41 Å². The molecule has 0 saturated carbocycles. The van der Waals surface area contributed by atoms with E-state index < -0.39 is 0 Å². The number of carbonyl (C=O) groups excluding carboxylic acids is 1. The molecule has 0 amide bonds. The lowest BCUT2D eigenvalue weighted by Crippen LogP contribution is -2.36. The molecule has 1 aliphatic carbocycles. The maximum atomic E-state index is 13.1. The molecule has 1 aliphatic rings. The van der Waals surface area contributed by atoms with Crippen LogP contribution in [0.25, 0.3) is 0 Å². The average Bonchev–Trinajstić information content (AvgIpc) is 2.49. The van der Waals surface area contributed by atoms with Gasteiger partial charge < -0.3 is 0 Å². The van der Waals surface area contributed by atoms with Crippen LogP contribution in [0.15, 0.2) is 42.0 Å². The number of hydrogen-bond donors (Lipinski definition) is 0. The number of Topliss-reactive ketones (excluding diaryl/α,β-unsaturated/α-hetero) is 1. The molecular formula is C20H28O. The molecule has 0 unspecified atom stereocenters. The van der Waals surface area contributed by atoms with E-state index in [0.29, 0.717) is 11.7 Å². The largest absolute Gasteiger partial charge is 0.299 e. The maximum absolute atomic E-state index is 13.1. The highest BCUT2D eigenvalue weighted by Crippen LogP contribution is 2.38. The lowest BCUT2D eigenvalue weighted by atomic mass is 9.68. The van der Waals surface area contributed by atoms with Gasteiger partial charge in [-0.1, -0.05) is 55.8 Å². The monoisotopic (exact) mass is 284 g/mol. The summed E-state index contributed by atoms with van der Waals surface area (Å²) in [6.45, 7) is 6.59. The molecule has 0 spiro atoms. The Bertz CT molecular complexity index is 500. The summed E-state index contributed by atoms with van der Waals surface area (Å²) >= 11 is 0. The molecule has 0 bridgehead atoms. The van der Waals surface area contributed by atoms with Gasteiger partial charge in [0.1, 0.15) is 5.78 Å². The van der Waals surface area contributed by atoms with Gasteiger partial charge in [0.25, 0.3) is 0 Å². The van der Waals surface area contributed by atoms with Gasteiger partial charge in [0, 0.05) is 6.42 Å². The standard InChI is InChI=1S/C20H28O/c1-4-20(18-11-6-5-7-12-18)14-13-16(2)9-8-10-17(3)15-19(20)21/h5-7,9,11-12,17H,4,8,10,13-15H2,1-3H3/b16-9+/t17-,20+/m0/s1. The summed E-state index contributed by atoms with van der Waals surface area (Å²) in [5.74, 6) is 0.924. The van der Waals surface area contributed by atoms with Gasteiger partial charge in [-0.2, -0.15) is 0 Å². The van der Waals surface area contributed by atoms with Gasteiger partial charge in [0.2, 0.25) is 0 Å². The van der Waals surface area contributed by atoms with Crippen LogP contribution in [0, 0.1) is 5.92 Å². The predicted molar refractivity (Wildman–Crippen MR) is 89.4 cm³/mol. The van der Waals surface area contributed by atoms with Crippen LogP contribution in [-0.2, 0) is 10.2 Å². The van der Waals surface area contributed by atoms with Gasteiger partial charge in [0.05, 0.1) is 5.41 Å². The number of hydrogen-bond acceptors (Lipinski definition) is 1. The Morgan fingerprint density at radius 2 is 1.95 bits per heavy atom. The molecule has 1 nitrogen and oxygen atoms in total. The molecule has 2 rings (SSSR count). The van der Waals surface area contributed by atoms with Crippen molar-refractivity contribution in [2.75, 3.05) is 0 Å². The summed E-state index contributed by atoms with van der Waals surface area (Å²) in [5, 5.41) is 0. The molecule has 0 saturated heterocycles. The van der Waals surface area contributed by atoms with E-state index in [1.807, 2.05) is 6.07 Å². The molecule has 0 heterocycles. The van der Waals surface area contributed by atoms with Gasteiger partial charge in [-0.15, -0.1) is 0 Å². The lowest BCUT2D eigenvalue weighted by Gasteiger charge is -2.34. The summed E-state index contributed by atoms with van der Waals surface area (Å²) in [7, 11) is 0. The van der Waals surface area contributed by atoms with Crippen LogP contribution in [-0.4, -0.2) is 5.78 Å². The Balaban J connectivity index is 2.41. The van der Waals surface area contributed by atoms with Crippen molar-refractivity contribution in [3.63, 3.8) is 0 Å². The molecule has 114 valence electrons. The number of benzene rings is 1. The van der Waals surface area contributed by atoms with Crippen LogP contribution in [0.3, 0.4) is 0 Å². The number of ketones is 1. The number of allylic oxidation sites excluding steroid dienone is 2. The molecule has 1 heteroatoms. The predicted octanol–water partition coefficient (Wildman–Crippen LogP) is 5.45. The molecule has 21 heavy (non-hydrogen) atoms. The Hall–Kier alpha value is -1.37.